The molecule has 7 heteroatoms. The zero-order chi connectivity index (χ0) is 19.4. The van der Waals surface area contributed by atoms with Gasteiger partial charge in [0.25, 0.3) is 0 Å². The average molecular weight is 401 g/mol. The highest BCUT2D eigenvalue weighted by Crippen LogP contribution is 2.58. The first-order chi connectivity index (χ1) is 13.1. The number of fused-ring (bicyclic) bond motifs is 2. The number of ether oxygens (including phenoxy) is 1. The van der Waals surface area contributed by atoms with Gasteiger partial charge in [0.05, 0.1) is 6.61 Å². The zero-order valence-electron chi connectivity index (χ0n) is 17.0. The summed E-state index contributed by atoms with van der Waals surface area (Å²) in [5.74, 6) is 3.90. The fraction of sp³-hybridized carbons (Fsp3) is 0.950. The summed E-state index contributed by atoms with van der Waals surface area (Å²) in [4.78, 5) is 12.1. The second-order valence-corrected chi connectivity index (χ2v) is 11.8. The van der Waals surface area contributed by atoms with Gasteiger partial charge in [-0.2, -0.15) is 0 Å². The summed E-state index contributed by atoms with van der Waals surface area (Å²) in [5.41, 5.74) is 0. The van der Waals surface area contributed by atoms with Gasteiger partial charge in [-0.25, -0.2) is 0 Å². The largest absolute Gasteiger partial charge is 0.500 e. The average Bonchev–Trinajstić information content (AvgIpc) is 3.16. The Morgan fingerprint density at radius 2 is 1.70 bits per heavy atom. The molecule has 6 unspecified atom stereocenters. The summed E-state index contributed by atoms with van der Waals surface area (Å²) >= 11 is 0. The fourth-order valence-electron chi connectivity index (χ4n) is 6.16. The van der Waals surface area contributed by atoms with E-state index in [1.165, 1.54) is 32.1 Å². The first-order valence-corrected chi connectivity index (χ1v) is 12.4. The second kappa shape index (κ2) is 9.35. The quantitative estimate of drug-likeness (QED) is 0.449. The summed E-state index contributed by atoms with van der Waals surface area (Å²) < 4.78 is 21.7. The highest BCUT2D eigenvalue weighted by atomic mass is 28.4. The van der Waals surface area contributed by atoms with E-state index in [1.54, 1.807) is 21.3 Å². The normalized spacial score (nSPS) is 35.3. The van der Waals surface area contributed by atoms with Gasteiger partial charge in [-0.1, -0.05) is 0 Å². The number of hydrogen-bond donors (Lipinski definition) is 1. The zero-order valence-corrected chi connectivity index (χ0v) is 18.0. The van der Waals surface area contributed by atoms with Crippen molar-refractivity contribution in [2.24, 2.45) is 35.5 Å². The first-order valence-electron chi connectivity index (χ1n) is 10.5. The van der Waals surface area contributed by atoms with Crippen LogP contribution in [0.5, 0.6) is 0 Å². The predicted molar refractivity (Wildman–Crippen MR) is 103 cm³/mol. The lowest BCUT2D eigenvalue weighted by molar-refractivity contribution is -0.145. The third-order valence-electron chi connectivity index (χ3n) is 7.51. The van der Waals surface area contributed by atoms with Gasteiger partial charge in [-0.3, -0.25) is 4.79 Å². The van der Waals surface area contributed by atoms with Crippen molar-refractivity contribution in [1.82, 2.24) is 0 Å². The van der Waals surface area contributed by atoms with Crippen LogP contribution in [0, 0.1) is 35.5 Å². The Labute approximate surface area is 164 Å². The number of rotatable bonds is 10. The minimum atomic E-state index is -2.60. The van der Waals surface area contributed by atoms with Crippen LogP contribution in [0.25, 0.3) is 0 Å². The second-order valence-electron chi connectivity index (χ2n) is 8.68. The van der Waals surface area contributed by atoms with Crippen LogP contribution >= 0.6 is 0 Å². The molecule has 0 spiro atoms. The summed E-state index contributed by atoms with van der Waals surface area (Å²) in [6.45, 7) is 0.899. The molecule has 4 rings (SSSR count). The Balaban J connectivity index is 1.39. The molecule has 4 saturated carbocycles. The molecule has 0 heterocycles. The van der Waals surface area contributed by atoms with E-state index in [2.05, 4.69) is 0 Å². The van der Waals surface area contributed by atoms with Gasteiger partial charge in [0, 0.05) is 40.4 Å². The smallest absolute Gasteiger partial charge is 0.465 e. The van der Waals surface area contributed by atoms with Gasteiger partial charge in [-0.15, -0.1) is 0 Å². The highest BCUT2D eigenvalue weighted by molar-refractivity contribution is 6.60. The summed E-state index contributed by atoms with van der Waals surface area (Å²) in [7, 11) is 2.17. The van der Waals surface area contributed by atoms with Crippen LogP contribution in [0.2, 0.25) is 6.04 Å². The SMILES string of the molecule is CO[Si](CCCC(=O)OCC1CC2C3CCC(C(CO)C3)C2C1)(OC)OC. The molecule has 0 aliphatic heterocycles. The molecule has 6 nitrogen and oxygen atoms in total. The number of aliphatic hydroxyl groups excluding tert-OH is 1. The topological polar surface area (TPSA) is 74.2 Å². The number of esters is 1. The Morgan fingerprint density at radius 3 is 2.37 bits per heavy atom. The standard InChI is InChI=1S/C20H36O6Si/c1-23-27(24-2,25-3)8-4-5-20(22)26-13-14-9-18-15-6-7-17(19(18)10-14)16(11-15)12-21/h14-19,21H,4-13H2,1-3H3. The fourth-order valence-corrected chi connectivity index (χ4v) is 7.88. The molecule has 6 atom stereocenters. The minimum Gasteiger partial charge on any atom is -0.465 e. The third kappa shape index (κ3) is 4.58. The molecule has 0 aromatic heterocycles. The summed E-state index contributed by atoms with van der Waals surface area (Å²) in [6, 6.07) is 0.616. The van der Waals surface area contributed by atoms with Crippen LogP contribution in [0.1, 0.15) is 44.9 Å². The van der Waals surface area contributed by atoms with Crippen molar-refractivity contribution >= 4 is 14.8 Å². The van der Waals surface area contributed by atoms with Crippen LogP contribution in [-0.2, 0) is 22.8 Å². The van der Waals surface area contributed by atoms with Crippen molar-refractivity contribution < 1.29 is 27.9 Å². The molecule has 0 aromatic rings. The van der Waals surface area contributed by atoms with Gasteiger partial charge in [0.1, 0.15) is 0 Å². The number of carbonyl (C=O) groups excluding carboxylic acids is 1. The van der Waals surface area contributed by atoms with E-state index in [1.807, 2.05) is 0 Å². The lowest BCUT2D eigenvalue weighted by atomic mass is 9.56. The van der Waals surface area contributed by atoms with Gasteiger partial charge >= 0.3 is 14.8 Å². The van der Waals surface area contributed by atoms with Gasteiger partial charge in [0.15, 0.2) is 0 Å². The van der Waals surface area contributed by atoms with Crippen LogP contribution in [-0.4, -0.2) is 54.4 Å². The Bertz CT molecular complexity index is 489. The van der Waals surface area contributed by atoms with E-state index in [4.69, 9.17) is 18.0 Å². The molecule has 1 N–H and O–H groups in total. The maximum Gasteiger partial charge on any atom is 0.500 e. The Morgan fingerprint density at radius 1 is 1.00 bits per heavy atom. The predicted octanol–water partition coefficient (Wildman–Crippen LogP) is 2.87. The monoisotopic (exact) mass is 400 g/mol. The lowest BCUT2D eigenvalue weighted by Crippen LogP contribution is -2.43. The Kier molecular flexibility index (Phi) is 7.36. The van der Waals surface area contributed by atoms with E-state index >= 15 is 0 Å². The first kappa shape index (κ1) is 21.2. The molecule has 0 aromatic carbocycles. The van der Waals surface area contributed by atoms with Crippen molar-refractivity contribution in [2.45, 2.75) is 51.0 Å². The molecular weight excluding hydrogens is 364 g/mol. The van der Waals surface area contributed by atoms with E-state index in [9.17, 15) is 9.90 Å². The van der Waals surface area contributed by atoms with Gasteiger partial charge in [0.2, 0.25) is 0 Å². The van der Waals surface area contributed by atoms with E-state index in [0.717, 1.165) is 17.8 Å². The maximum absolute atomic E-state index is 12.1. The highest BCUT2D eigenvalue weighted by Gasteiger charge is 2.52. The van der Waals surface area contributed by atoms with E-state index < -0.39 is 8.80 Å². The third-order valence-corrected chi connectivity index (χ3v) is 10.3. The molecule has 4 aliphatic carbocycles. The van der Waals surface area contributed by atoms with E-state index in [-0.39, 0.29) is 5.97 Å². The molecule has 4 fully saturated rings. The molecule has 0 amide bonds. The molecule has 27 heavy (non-hydrogen) atoms. The van der Waals surface area contributed by atoms with Crippen LogP contribution in [0.3, 0.4) is 0 Å². The van der Waals surface area contributed by atoms with Crippen LogP contribution < -0.4 is 0 Å². The van der Waals surface area contributed by atoms with Gasteiger partial charge in [-0.05, 0) is 74.0 Å². The van der Waals surface area contributed by atoms with Crippen molar-refractivity contribution in [1.29, 1.82) is 0 Å². The molecule has 0 saturated heterocycles. The molecule has 0 radical (unpaired) electrons. The van der Waals surface area contributed by atoms with Crippen molar-refractivity contribution in [3.8, 4) is 0 Å². The minimum absolute atomic E-state index is 0.132. The van der Waals surface area contributed by atoms with E-state index in [0.29, 0.717) is 49.9 Å². The van der Waals surface area contributed by atoms with Crippen molar-refractivity contribution in [3.63, 3.8) is 0 Å². The number of aliphatic hydroxyl groups is 1. The Hall–Kier alpha value is -0.473. The van der Waals surface area contributed by atoms with Crippen molar-refractivity contribution in [2.75, 3.05) is 34.5 Å². The molecule has 156 valence electrons. The summed E-state index contributed by atoms with van der Waals surface area (Å²) in [5, 5.41) is 9.68. The van der Waals surface area contributed by atoms with Crippen LogP contribution in [0.4, 0.5) is 0 Å². The number of hydrogen-bond acceptors (Lipinski definition) is 6. The van der Waals surface area contributed by atoms with Gasteiger partial charge < -0.3 is 23.1 Å². The van der Waals surface area contributed by atoms with Crippen LogP contribution in [0.15, 0.2) is 0 Å². The summed E-state index contributed by atoms with van der Waals surface area (Å²) in [6.07, 6.45) is 7.22. The molecular formula is C20H36O6Si. The lowest BCUT2D eigenvalue weighted by Gasteiger charge is -2.50. The van der Waals surface area contributed by atoms with Crippen molar-refractivity contribution in [3.05, 3.63) is 0 Å². The number of carbonyl (C=O) groups is 1. The molecule has 4 aliphatic rings. The maximum atomic E-state index is 12.1. The molecule has 2 bridgehead atoms.